The zero-order chi connectivity index (χ0) is 17.0. The molecule has 2 aromatic heterocycles. The van der Waals surface area contributed by atoms with Crippen LogP contribution in [-0.4, -0.2) is 31.7 Å². The summed E-state index contributed by atoms with van der Waals surface area (Å²) in [5, 5.41) is 10.4. The number of H-pyrrole nitrogens is 1. The second kappa shape index (κ2) is 6.98. The topological polar surface area (TPSA) is 75.6 Å². The number of hydrogen-bond acceptors (Lipinski definition) is 3. The molecule has 0 fully saturated rings. The first-order valence-electron chi connectivity index (χ1n) is 8.03. The number of rotatable bonds is 6. The van der Waals surface area contributed by atoms with Gasteiger partial charge in [0.1, 0.15) is 0 Å². The SMILES string of the molecule is Cc1[nH]nc(CCC(=O)N[C@@H](Cn2ccnc2)C(C)(C)C)c1C. The van der Waals surface area contributed by atoms with Gasteiger partial charge in [-0.15, -0.1) is 0 Å². The Morgan fingerprint density at radius 2 is 2.13 bits per heavy atom. The van der Waals surface area contributed by atoms with Crippen LogP contribution in [0, 0.1) is 19.3 Å². The standard InChI is InChI=1S/C17H27N5O/c1-12-13(2)20-21-14(12)6-7-16(23)19-15(17(3,4)5)10-22-9-8-18-11-22/h8-9,11,15H,6-7,10H2,1-5H3,(H,19,23)(H,20,21)/t15-/m0/s1. The van der Waals surface area contributed by atoms with Crippen LogP contribution < -0.4 is 5.32 Å². The summed E-state index contributed by atoms with van der Waals surface area (Å²) in [6.45, 7) is 11.1. The fourth-order valence-corrected chi connectivity index (χ4v) is 2.42. The zero-order valence-corrected chi connectivity index (χ0v) is 14.7. The highest BCUT2D eigenvalue weighted by Gasteiger charge is 2.26. The molecule has 2 rings (SSSR count). The van der Waals surface area contributed by atoms with Crippen LogP contribution in [0.3, 0.4) is 0 Å². The highest BCUT2D eigenvalue weighted by Crippen LogP contribution is 2.21. The fraction of sp³-hybridized carbons (Fsp3) is 0.588. The summed E-state index contributed by atoms with van der Waals surface area (Å²) in [7, 11) is 0. The molecule has 1 atom stereocenters. The molecular weight excluding hydrogens is 290 g/mol. The molecule has 0 bridgehead atoms. The fourth-order valence-electron chi connectivity index (χ4n) is 2.42. The Morgan fingerprint density at radius 3 is 2.65 bits per heavy atom. The predicted molar refractivity (Wildman–Crippen MR) is 90.0 cm³/mol. The van der Waals surface area contributed by atoms with E-state index in [1.807, 2.05) is 24.6 Å². The van der Waals surface area contributed by atoms with E-state index < -0.39 is 0 Å². The Balaban J connectivity index is 1.93. The van der Waals surface area contributed by atoms with Gasteiger partial charge < -0.3 is 9.88 Å². The van der Waals surface area contributed by atoms with Gasteiger partial charge in [-0.1, -0.05) is 20.8 Å². The maximum atomic E-state index is 12.3. The Kier molecular flexibility index (Phi) is 5.23. The van der Waals surface area contributed by atoms with Gasteiger partial charge in [0.15, 0.2) is 0 Å². The quantitative estimate of drug-likeness (QED) is 0.859. The van der Waals surface area contributed by atoms with Gasteiger partial charge in [-0.3, -0.25) is 9.89 Å². The molecular formula is C17H27N5O. The second-order valence-electron chi connectivity index (χ2n) is 7.17. The number of amides is 1. The summed E-state index contributed by atoms with van der Waals surface area (Å²) in [6, 6.07) is 0.0474. The Bertz CT molecular complexity index is 636. The summed E-state index contributed by atoms with van der Waals surface area (Å²) < 4.78 is 2.00. The zero-order valence-electron chi connectivity index (χ0n) is 14.7. The highest BCUT2D eigenvalue weighted by molar-refractivity contribution is 5.76. The lowest BCUT2D eigenvalue weighted by molar-refractivity contribution is -0.122. The van der Waals surface area contributed by atoms with Gasteiger partial charge in [0.25, 0.3) is 0 Å². The third-order valence-corrected chi connectivity index (χ3v) is 4.28. The molecule has 23 heavy (non-hydrogen) atoms. The molecule has 0 saturated heterocycles. The number of hydrogen-bond donors (Lipinski definition) is 2. The molecule has 1 amide bonds. The van der Waals surface area contributed by atoms with Crippen LogP contribution in [0.2, 0.25) is 0 Å². The maximum absolute atomic E-state index is 12.3. The van der Waals surface area contributed by atoms with Crippen LogP contribution in [0.1, 0.15) is 44.1 Å². The van der Waals surface area contributed by atoms with Gasteiger partial charge in [-0.25, -0.2) is 4.98 Å². The number of aromatic nitrogens is 4. The van der Waals surface area contributed by atoms with Crippen LogP contribution in [0.25, 0.3) is 0 Å². The highest BCUT2D eigenvalue weighted by atomic mass is 16.1. The van der Waals surface area contributed by atoms with Crippen molar-refractivity contribution in [1.29, 1.82) is 0 Å². The first kappa shape index (κ1) is 17.2. The van der Waals surface area contributed by atoms with Crippen LogP contribution in [0.5, 0.6) is 0 Å². The lowest BCUT2D eigenvalue weighted by Crippen LogP contribution is -2.46. The molecule has 0 aliphatic heterocycles. The van der Waals surface area contributed by atoms with E-state index in [4.69, 9.17) is 0 Å². The Labute approximate surface area is 137 Å². The lowest BCUT2D eigenvalue weighted by Gasteiger charge is -2.31. The minimum absolute atomic E-state index is 0.0290. The summed E-state index contributed by atoms with van der Waals surface area (Å²) in [4.78, 5) is 16.4. The first-order valence-corrected chi connectivity index (χ1v) is 8.03. The van der Waals surface area contributed by atoms with E-state index in [1.165, 1.54) is 0 Å². The third kappa shape index (κ3) is 4.68. The number of nitrogens with one attached hydrogen (secondary N) is 2. The molecule has 0 saturated carbocycles. The molecule has 126 valence electrons. The van der Waals surface area contributed by atoms with Crippen LogP contribution >= 0.6 is 0 Å². The van der Waals surface area contributed by atoms with Gasteiger partial charge in [0.05, 0.1) is 18.1 Å². The first-order chi connectivity index (χ1) is 10.8. The van der Waals surface area contributed by atoms with E-state index in [-0.39, 0.29) is 17.4 Å². The average molecular weight is 317 g/mol. The van der Waals surface area contributed by atoms with Crippen molar-refractivity contribution < 1.29 is 4.79 Å². The van der Waals surface area contributed by atoms with Gasteiger partial charge in [-0.05, 0) is 24.8 Å². The maximum Gasteiger partial charge on any atom is 0.220 e. The predicted octanol–water partition coefficient (Wildman–Crippen LogP) is 2.39. The minimum atomic E-state index is -0.0290. The summed E-state index contributed by atoms with van der Waals surface area (Å²) in [5.41, 5.74) is 3.15. The van der Waals surface area contributed by atoms with E-state index >= 15 is 0 Å². The molecule has 0 spiro atoms. The van der Waals surface area contributed by atoms with E-state index in [0.717, 1.165) is 23.5 Å². The third-order valence-electron chi connectivity index (χ3n) is 4.28. The van der Waals surface area contributed by atoms with Crippen molar-refractivity contribution >= 4 is 5.91 Å². The normalized spacial score (nSPS) is 13.1. The van der Waals surface area contributed by atoms with Crippen molar-refractivity contribution in [2.75, 3.05) is 0 Å². The van der Waals surface area contributed by atoms with Gasteiger partial charge in [0.2, 0.25) is 5.91 Å². The van der Waals surface area contributed by atoms with Crippen molar-refractivity contribution in [3.05, 3.63) is 35.7 Å². The molecule has 2 heterocycles. The summed E-state index contributed by atoms with van der Waals surface area (Å²) in [6.07, 6.45) is 6.55. The molecule has 6 nitrogen and oxygen atoms in total. The number of carbonyl (C=O) groups excluding carboxylic acids is 1. The molecule has 0 unspecified atom stereocenters. The van der Waals surface area contributed by atoms with Crippen molar-refractivity contribution in [1.82, 2.24) is 25.1 Å². The number of aryl methyl sites for hydroxylation is 2. The Morgan fingerprint density at radius 1 is 1.39 bits per heavy atom. The number of imidazole rings is 1. The monoisotopic (exact) mass is 317 g/mol. The van der Waals surface area contributed by atoms with Crippen molar-refractivity contribution in [2.45, 2.75) is 60.0 Å². The Hall–Kier alpha value is -2.11. The number of nitrogens with zero attached hydrogens (tertiary/aromatic N) is 3. The minimum Gasteiger partial charge on any atom is -0.351 e. The summed E-state index contributed by atoms with van der Waals surface area (Å²) >= 11 is 0. The molecule has 0 radical (unpaired) electrons. The van der Waals surface area contributed by atoms with Crippen molar-refractivity contribution in [2.24, 2.45) is 5.41 Å². The van der Waals surface area contributed by atoms with Gasteiger partial charge >= 0.3 is 0 Å². The van der Waals surface area contributed by atoms with E-state index in [9.17, 15) is 4.79 Å². The number of carbonyl (C=O) groups is 1. The van der Waals surface area contributed by atoms with Gasteiger partial charge in [0, 0.05) is 37.5 Å². The lowest BCUT2D eigenvalue weighted by atomic mass is 9.86. The second-order valence-corrected chi connectivity index (χ2v) is 7.17. The largest absolute Gasteiger partial charge is 0.351 e. The molecule has 0 aromatic carbocycles. The van der Waals surface area contributed by atoms with E-state index in [2.05, 4.69) is 41.3 Å². The molecule has 6 heteroatoms. The van der Waals surface area contributed by atoms with Crippen LogP contribution in [-0.2, 0) is 17.8 Å². The van der Waals surface area contributed by atoms with Crippen LogP contribution in [0.4, 0.5) is 0 Å². The van der Waals surface area contributed by atoms with Crippen LogP contribution in [0.15, 0.2) is 18.7 Å². The van der Waals surface area contributed by atoms with Gasteiger partial charge in [-0.2, -0.15) is 5.10 Å². The van der Waals surface area contributed by atoms with Crippen molar-refractivity contribution in [3.8, 4) is 0 Å². The number of aromatic amines is 1. The van der Waals surface area contributed by atoms with E-state index in [0.29, 0.717) is 12.8 Å². The average Bonchev–Trinajstić information content (AvgIpc) is 3.07. The molecule has 0 aliphatic rings. The van der Waals surface area contributed by atoms with Crippen molar-refractivity contribution in [3.63, 3.8) is 0 Å². The van der Waals surface area contributed by atoms with E-state index in [1.54, 1.807) is 12.5 Å². The molecule has 0 aliphatic carbocycles. The smallest absolute Gasteiger partial charge is 0.220 e. The summed E-state index contributed by atoms with van der Waals surface area (Å²) in [5.74, 6) is 0.0603. The molecule has 2 aromatic rings. The molecule has 2 N–H and O–H groups in total.